The highest BCUT2D eigenvalue weighted by Gasteiger charge is 2.36. The largest absolute Gasteiger partial charge is 0.394 e. The standard InChI is InChI=1S/C15H24N4O4S/c1-3-4-5-16-14(24)17-10-6-12(23-11(10)8-20)19-7-9(2)13(21)18-15(19)22/h7,10-12,20H,3-6,8H2,1-2H3,(H2,16,17,24)(H,18,21,22)/t10?,11-,12-/m1/s1. The molecule has 2 rings (SSSR count). The van der Waals surface area contributed by atoms with Gasteiger partial charge < -0.3 is 20.5 Å². The Morgan fingerprint density at radius 1 is 1.54 bits per heavy atom. The van der Waals surface area contributed by atoms with Crippen molar-refractivity contribution in [3.05, 3.63) is 32.6 Å². The van der Waals surface area contributed by atoms with Crippen LogP contribution in [0.25, 0.3) is 0 Å². The fraction of sp³-hybridized carbons (Fsp3) is 0.667. The van der Waals surface area contributed by atoms with E-state index in [-0.39, 0.29) is 12.6 Å². The zero-order valence-corrected chi connectivity index (χ0v) is 14.7. The third kappa shape index (κ3) is 4.43. The van der Waals surface area contributed by atoms with Gasteiger partial charge in [0, 0.05) is 24.7 Å². The molecule has 134 valence electrons. The number of hydrogen-bond donors (Lipinski definition) is 4. The number of aromatic amines is 1. The van der Waals surface area contributed by atoms with Crippen LogP contribution in [0.4, 0.5) is 0 Å². The molecular weight excluding hydrogens is 332 g/mol. The zero-order valence-electron chi connectivity index (χ0n) is 13.9. The average Bonchev–Trinajstić information content (AvgIpc) is 2.93. The van der Waals surface area contributed by atoms with E-state index in [2.05, 4.69) is 22.5 Å². The van der Waals surface area contributed by atoms with E-state index in [9.17, 15) is 14.7 Å². The molecule has 2 heterocycles. The van der Waals surface area contributed by atoms with E-state index in [0.717, 1.165) is 19.4 Å². The first kappa shape index (κ1) is 18.6. The molecule has 24 heavy (non-hydrogen) atoms. The maximum Gasteiger partial charge on any atom is 0.330 e. The number of nitrogens with zero attached hydrogens (tertiary/aromatic N) is 1. The highest BCUT2D eigenvalue weighted by atomic mass is 32.1. The van der Waals surface area contributed by atoms with Crippen LogP contribution < -0.4 is 21.9 Å². The van der Waals surface area contributed by atoms with Crippen molar-refractivity contribution < 1.29 is 9.84 Å². The van der Waals surface area contributed by atoms with Gasteiger partial charge >= 0.3 is 5.69 Å². The Morgan fingerprint density at radius 2 is 2.29 bits per heavy atom. The number of aliphatic hydroxyl groups excluding tert-OH is 1. The molecule has 0 amide bonds. The fourth-order valence-electron chi connectivity index (χ4n) is 2.62. The molecule has 0 bridgehead atoms. The second-order valence-corrected chi connectivity index (χ2v) is 6.29. The van der Waals surface area contributed by atoms with Gasteiger partial charge in [-0.1, -0.05) is 13.3 Å². The molecule has 8 nitrogen and oxygen atoms in total. The third-order valence-corrected chi connectivity index (χ3v) is 4.27. The second kappa shape index (κ2) is 8.41. The number of rotatable bonds is 6. The van der Waals surface area contributed by atoms with Gasteiger partial charge in [0.05, 0.1) is 12.6 Å². The van der Waals surface area contributed by atoms with Crippen molar-refractivity contribution in [2.24, 2.45) is 0 Å². The van der Waals surface area contributed by atoms with Gasteiger partial charge in [0.2, 0.25) is 0 Å². The van der Waals surface area contributed by atoms with Crippen molar-refractivity contribution in [2.45, 2.75) is 51.5 Å². The summed E-state index contributed by atoms with van der Waals surface area (Å²) >= 11 is 5.25. The van der Waals surface area contributed by atoms with Crippen molar-refractivity contribution in [3.63, 3.8) is 0 Å². The predicted molar refractivity (Wildman–Crippen MR) is 94.1 cm³/mol. The Balaban J connectivity index is 2.06. The number of unbranched alkanes of at least 4 members (excludes halogenated alkanes) is 1. The van der Waals surface area contributed by atoms with E-state index in [1.54, 1.807) is 6.92 Å². The van der Waals surface area contributed by atoms with Crippen LogP contribution in [0.2, 0.25) is 0 Å². The molecule has 0 aliphatic carbocycles. The first-order valence-electron chi connectivity index (χ1n) is 8.09. The zero-order chi connectivity index (χ0) is 17.7. The minimum atomic E-state index is -0.568. The van der Waals surface area contributed by atoms with Gasteiger partial charge in [0.15, 0.2) is 5.11 Å². The minimum Gasteiger partial charge on any atom is -0.394 e. The number of thiocarbonyl (C=S) groups is 1. The fourth-order valence-corrected chi connectivity index (χ4v) is 2.87. The number of nitrogens with one attached hydrogen (secondary N) is 3. The van der Waals surface area contributed by atoms with Gasteiger partial charge in [-0.05, 0) is 25.6 Å². The van der Waals surface area contributed by atoms with Gasteiger partial charge in [0.25, 0.3) is 5.56 Å². The third-order valence-electron chi connectivity index (χ3n) is 4.00. The van der Waals surface area contributed by atoms with E-state index < -0.39 is 23.6 Å². The van der Waals surface area contributed by atoms with Crippen LogP contribution in [0.3, 0.4) is 0 Å². The van der Waals surface area contributed by atoms with E-state index in [4.69, 9.17) is 17.0 Å². The van der Waals surface area contributed by atoms with E-state index in [1.807, 2.05) is 0 Å². The van der Waals surface area contributed by atoms with E-state index in [0.29, 0.717) is 17.1 Å². The topological polar surface area (TPSA) is 108 Å². The number of ether oxygens (including phenoxy) is 1. The smallest absolute Gasteiger partial charge is 0.330 e. The van der Waals surface area contributed by atoms with Crippen LogP contribution in [0.15, 0.2) is 15.8 Å². The summed E-state index contributed by atoms with van der Waals surface area (Å²) in [5, 5.41) is 16.3. The molecule has 1 aliphatic rings. The monoisotopic (exact) mass is 356 g/mol. The number of hydrogen-bond acceptors (Lipinski definition) is 5. The summed E-state index contributed by atoms with van der Waals surface area (Å²) < 4.78 is 7.09. The van der Waals surface area contributed by atoms with Crippen molar-refractivity contribution in [3.8, 4) is 0 Å². The highest BCUT2D eigenvalue weighted by Crippen LogP contribution is 2.27. The van der Waals surface area contributed by atoms with Crippen LogP contribution in [0, 0.1) is 6.92 Å². The molecule has 9 heteroatoms. The second-order valence-electron chi connectivity index (χ2n) is 5.89. The molecule has 0 aromatic carbocycles. The molecule has 0 saturated carbocycles. The molecular formula is C15H24N4O4S. The maximum atomic E-state index is 12.0. The molecule has 1 aromatic heterocycles. The average molecular weight is 356 g/mol. The molecule has 1 aliphatic heterocycles. The number of H-pyrrole nitrogens is 1. The normalized spacial score (nSPS) is 23.2. The molecule has 1 aromatic rings. The molecule has 1 fully saturated rings. The lowest BCUT2D eigenvalue weighted by molar-refractivity contribution is -0.0281. The molecule has 1 saturated heterocycles. The molecule has 0 radical (unpaired) electrons. The lowest BCUT2D eigenvalue weighted by Gasteiger charge is -2.19. The highest BCUT2D eigenvalue weighted by molar-refractivity contribution is 7.80. The summed E-state index contributed by atoms with van der Waals surface area (Å²) in [5.74, 6) is 0. The number of aromatic nitrogens is 2. The van der Waals surface area contributed by atoms with E-state index in [1.165, 1.54) is 10.8 Å². The lowest BCUT2D eigenvalue weighted by atomic mass is 10.1. The van der Waals surface area contributed by atoms with Crippen molar-refractivity contribution in [1.29, 1.82) is 0 Å². The maximum absolute atomic E-state index is 12.0. The summed E-state index contributed by atoms with van der Waals surface area (Å²) in [6, 6.07) is -0.222. The van der Waals surface area contributed by atoms with Gasteiger partial charge in [0.1, 0.15) is 12.3 Å². The molecule has 4 N–H and O–H groups in total. The summed E-state index contributed by atoms with van der Waals surface area (Å²) in [4.78, 5) is 25.7. The van der Waals surface area contributed by atoms with Gasteiger partial charge in [-0.3, -0.25) is 14.3 Å². The summed E-state index contributed by atoms with van der Waals surface area (Å²) in [6.07, 6.45) is 2.95. The first-order valence-corrected chi connectivity index (χ1v) is 8.49. The van der Waals surface area contributed by atoms with Crippen molar-refractivity contribution in [2.75, 3.05) is 13.2 Å². The van der Waals surface area contributed by atoms with Crippen LogP contribution in [-0.4, -0.2) is 45.1 Å². The Hall–Kier alpha value is -1.71. The summed E-state index contributed by atoms with van der Waals surface area (Å²) in [6.45, 7) is 4.31. The number of aliphatic hydroxyl groups is 1. The van der Waals surface area contributed by atoms with Crippen molar-refractivity contribution >= 4 is 17.3 Å². The van der Waals surface area contributed by atoms with Gasteiger partial charge in [-0.25, -0.2) is 4.79 Å². The van der Waals surface area contributed by atoms with Gasteiger partial charge in [-0.2, -0.15) is 0 Å². The van der Waals surface area contributed by atoms with Crippen LogP contribution in [0.1, 0.15) is 38.0 Å². The van der Waals surface area contributed by atoms with Crippen LogP contribution in [0.5, 0.6) is 0 Å². The summed E-state index contributed by atoms with van der Waals surface area (Å²) in [7, 11) is 0. The SMILES string of the molecule is CCCCNC(=S)NC1C[C@H](n2cc(C)c(=O)[nH]c2=O)O[C@@H]1CO. The Bertz CT molecular complexity index is 687. The predicted octanol–water partition coefficient (Wildman–Crippen LogP) is -0.242. The minimum absolute atomic E-state index is 0.192. The molecule has 0 spiro atoms. The van der Waals surface area contributed by atoms with Gasteiger partial charge in [-0.15, -0.1) is 0 Å². The molecule has 3 atom stereocenters. The Labute approximate surface area is 145 Å². The lowest BCUT2D eigenvalue weighted by Crippen LogP contribution is -2.46. The quantitative estimate of drug-likeness (QED) is 0.411. The van der Waals surface area contributed by atoms with Crippen LogP contribution >= 0.6 is 12.2 Å². The number of aryl methyl sites for hydroxylation is 1. The first-order chi connectivity index (χ1) is 11.5. The Kier molecular flexibility index (Phi) is 6.52. The van der Waals surface area contributed by atoms with Crippen LogP contribution in [-0.2, 0) is 4.74 Å². The summed E-state index contributed by atoms with van der Waals surface area (Å²) in [5.41, 5.74) is -0.521. The van der Waals surface area contributed by atoms with E-state index >= 15 is 0 Å². The Morgan fingerprint density at radius 3 is 2.96 bits per heavy atom. The van der Waals surface area contributed by atoms with Crippen molar-refractivity contribution in [1.82, 2.24) is 20.2 Å². The molecule has 1 unspecified atom stereocenters.